The highest BCUT2D eigenvalue weighted by Crippen LogP contribution is 2.39. The number of nitrogens with one attached hydrogen (secondary N) is 1. The molecule has 3 aromatic heterocycles. The zero-order chi connectivity index (χ0) is 25.2. The fraction of sp³-hybridized carbons (Fsp3) is 0.259. The molecular weight excluding hydrogens is 456 g/mol. The molecule has 0 bridgehead atoms. The van der Waals surface area contributed by atoms with Gasteiger partial charge in [-0.05, 0) is 24.6 Å². The number of aryl methyl sites for hydroxylation is 1. The first-order valence-corrected chi connectivity index (χ1v) is 11.7. The molecule has 9 nitrogen and oxygen atoms in total. The zero-order valence-corrected chi connectivity index (χ0v) is 20.6. The maximum atomic E-state index is 12.0. The average Bonchev–Trinajstić information content (AvgIpc) is 3.53. The molecule has 1 fully saturated rings. The summed E-state index contributed by atoms with van der Waals surface area (Å²) in [5.41, 5.74) is 5.08. The van der Waals surface area contributed by atoms with E-state index < -0.39 is 0 Å². The van der Waals surface area contributed by atoms with Crippen LogP contribution in [0.3, 0.4) is 0 Å². The lowest BCUT2D eigenvalue weighted by atomic mass is 10.1. The van der Waals surface area contributed by atoms with Crippen LogP contribution in [0.4, 0.5) is 11.5 Å². The summed E-state index contributed by atoms with van der Waals surface area (Å²) in [7, 11) is 5.12. The highest BCUT2D eigenvalue weighted by Gasteiger charge is 2.27. The fourth-order valence-electron chi connectivity index (χ4n) is 4.53. The van der Waals surface area contributed by atoms with Crippen molar-refractivity contribution in [2.24, 2.45) is 7.05 Å². The second-order valence-electron chi connectivity index (χ2n) is 8.71. The van der Waals surface area contributed by atoms with E-state index in [0.29, 0.717) is 30.3 Å². The van der Waals surface area contributed by atoms with Crippen LogP contribution in [0, 0.1) is 0 Å². The van der Waals surface area contributed by atoms with Crippen LogP contribution in [-0.4, -0.2) is 52.5 Å². The Labute approximate surface area is 209 Å². The van der Waals surface area contributed by atoms with Crippen molar-refractivity contribution in [2.75, 3.05) is 25.7 Å². The van der Waals surface area contributed by atoms with Gasteiger partial charge in [-0.3, -0.25) is 14.5 Å². The number of nitrogens with zero attached hydrogens (tertiary/aromatic N) is 5. The van der Waals surface area contributed by atoms with Crippen LogP contribution in [0.5, 0.6) is 11.5 Å². The molecule has 1 amide bonds. The molecule has 0 radical (unpaired) electrons. The number of fused-ring (bicyclic) bond motifs is 1. The molecule has 36 heavy (non-hydrogen) atoms. The van der Waals surface area contributed by atoms with Gasteiger partial charge in [0.15, 0.2) is 0 Å². The Morgan fingerprint density at radius 3 is 2.69 bits per heavy atom. The van der Waals surface area contributed by atoms with Gasteiger partial charge in [0, 0.05) is 67.3 Å². The van der Waals surface area contributed by atoms with E-state index in [-0.39, 0.29) is 11.9 Å². The topological polar surface area (TPSA) is 94.4 Å². The zero-order valence-electron chi connectivity index (χ0n) is 20.6. The van der Waals surface area contributed by atoms with Crippen molar-refractivity contribution in [3.63, 3.8) is 0 Å². The van der Waals surface area contributed by atoms with E-state index >= 15 is 0 Å². The first-order chi connectivity index (χ1) is 17.5. The minimum atomic E-state index is -0.0234. The summed E-state index contributed by atoms with van der Waals surface area (Å²) in [5.74, 6) is 2.06. The number of pyridine rings is 2. The van der Waals surface area contributed by atoms with Crippen molar-refractivity contribution in [3.05, 3.63) is 61.1 Å². The van der Waals surface area contributed by atoms with Gasteiger partial charge in [-0.1, -0.05) is 12.7 Å². The summed E-state index contributed by atoms with van der Waals surface area (Å²) >= 11 is 0. The number of carbonyl (C=O) groups is 1. The molecule has 0 saturated carbocycles. The minimum absolute atomic E-state index is 0.0234. The maximum Gasteiger partial charge on any atom is 0.220 e. The summed E-state index contributed by atoms with van der Waals surface area (Å²) < 4.78 is 13.0. The summed E-state index contributed by atoms with van der Waals surface area (Å²) in [5, 5.41) is 7.34. The predicted molar refractivity (Wildman–Crippen MR) is 140 cm³/mol. The van der Waals surface area contributed by atoms with E-state index in [0.717, 1.165) is 39.8 Å². The summed E-state index contributed by atoms with van der Waals surface area (Å²) in [6.07, 6.45) is 8.60. The van der Waals surface area contributed by atoms with Gasteiger partial charge in [-0.25, -0.2) is 4.98 Å². The van der Waals surface area contributed by atoms with Gasteiger partial charge >= 0.3 is 0 Å². The smallest absolute Gasteiger partial charge is 0.220 e. The van der Waals surface area contributed by atoms with Crippen molar-refractivity contribution in [2.45, 2.75) is 18.9 Å². The third-order valence-corrected chi connectivity index (χ3v) is 6.37. The summed E-state index contributed by atoms with van der Waals surface area (Å²) in [6, 6.07) is 9.65. The predicted octanol–water partition coefficient (Wildman–Crippen LogP) is 4.11. The summed E-state index contributed by atoms with van der Waals surface area (Å²) in [6.45, 7) is 4.54. The number of ether oxygens (including phenoxy) is 2. The highest BCUT2D eigenvalue weighted by atomic mass is 16.5. The van der Waals surface area contributed by atoms with E-state index in [9.17, 15) is 4.79 Å². The largest absolute Gasteiger partial charge is 0.497 e. The Morgan fingerprint density at radius 2 is 2.03 bits per heavy atom. The second-order valence-corrected chi connectivity index (χ2v) is 8.71. The monoisotopic (exact) mass is 484 g/mol. The quantitative estimate of drug-likeness (QED) is 0.402. The molecule has 1 aliphatic rings. The lowest BCUT2D eigenvalue weighted by Crippen LogP contribution is -2.37. The van der Waals surface area contributed by atoms with E-state index in [1.165, 1.54) is 0 Å². The Morgan fingerprint density at radius 1 is 1.17 bits per heavy atom. The van der Waals surface area contributed by atoms with Crippen molar-refractivity contribution in [1.29, 1.82) is 0 Å². The van der Waals surface area contributed by atoms with Crippen molar-refractivity contribution < 1.29 is 14.3 Å². The second kappa shape index (κ2) is 9.69. The van der Waals surface area contributed by atoms with Crippen LogP contribution in [-0.2, 0) is 11.8 Å². The molecule has 0 spiro atoms. The number of benzene rings is 1. The molecule has 4 aromatic rings. The van der Waals surface area contributed by atoms with E-state index in [2.05, 4.69) is 26.9 Å². The third-order valence-electron chi connectivity index (χ3n) is 6.37. The molecule has 184 valence electrons. The number of carbonyl (C=O) groups excluding carboxylic acids is 1. The normalized spacial score (nSPS) is 15.1. The molecule has 0 aliphatic carbocycles. The Balaban J connectivity index is 1.64. The van der Waals surface area contributed by atoms with E-state index in [1.54, 1.807) is 31.2 Å². The first kappa shape index (κ1) is 23.3. The van der Waals surface area contributed by atoms with Crippen LogP contribution >= 0.6 is 0 Å². The number of hydrogen-bond donors (Lipinski definition) is 1. The van der Waals surface area contributed by atoms with Crippen molar-refractivity contribution in [1.82, 2.24) is 25.1 Å². The molecule has 5 rings (SSSR count). The molecule has 1 N–H and O–H groups in total. The number of methoxy groups -OCH3 is 2. The van der Waals surface area contributed by atoms with Crippen molar-refractivity contribution in [3.8, 4) is 22.6 Å². The molecule has 1 aliphatic heterocycles. The third kappa shape index (κ3) is 4.47. The number of aromatic nitrogens is 4. The lowest BCUT2D eigenvalue weighted by Gasteiger charge is -2.29. The Bertz CT molecular complexity index is 1450. The van der Waals surface area contributed by atoms with Crippen LogP contribution in [0.2, 0.25) is 0 Å². The molecule has 1 aromatic carbocycles. The van der Waals surface area contributed by atoms with E-state index in [4.69, 9.17) is 14.5 Å². The minimum Gasteiger partial charge on any atom is -0.497 e. The van der Waals surface area contributed by atoms with Gasteiger partial charge in [0.05, 0.1) is 37.1 Å². The van der Waals surface area contributed by atoms with Crippen LogP contribution in [0.15, 0.2) is 55.5 Å². The van der Waals surface area contributed by atoms with Crippen LogP contribution < -0.4 is 19.7 Å². The van der Waals surface area contributed by atoms with Gasteiger partial charge < -0.3 is 19.7 Å². The number of rotatable bonds is 8. The molecular formula is C27H28N6O3. The van der Waals surface area contributed by atoms with Gasteiger partial charge in [0.2, 0.25) is 5.91 Å². The number of hydrogen-bond acceptors (Lipinski definition) is 7. The Kier molecular flexibility index (Phi) is 6.28. The SMILES string of the molecule is C=Cc1c(OC)cc(OC)cc1N(CC1CCC(=O)N1)c1ccc2ncc(-c3cnn(C)c3)cc2n1. The van der Waals surface area contributed by atoms with Gasteiger partial charge in [0.25, 0.3) is 0 Å². The number of amides is 1. The molecule has 4 heterocycles. The van der Waals surface area contributed by atoms with Gasteiger partial charge in [0.1, 0.15) is 17.3 Å². The van der Waals surface area contributed by atoms with Crippen LogP contribution in [0.25, 0.3) is 28.2 Å². The fourth-order valence-corrected chi connectivity index (χ4v) is 4.53. The van der Waals surface area contributed by atoms with E-state index in [1.807, 2.05) is 49.8 Å². The first-order valence-electron chi connectivity index (χ1n) is 11.7. The molecule has 1 saturated heterocycles. The van der Waals surface area contributed by atoms with Crippen LogP contribution in [0.1, 0.15) is 18.4 Å². The highest BCUT2D eigenvalue weighted by molar-refractivity contribution is 5.84. The Hall–Kier alpha value is -4.40. The standard InChI is InChI=1S/C27H28N6O3/c1-5-21-24(11-20(35-3)12-25(21)36-4)33(16-19-6-9-27(34)30-19)26-8-7-22-23(31-26)10-17(13-28-22)18-14-29-32(2)15-18/h5,7-8,10-15,19H,1,6,9,16H2,2-4H3,(H,30,34). The average molecular weight is 485 g/mol. The van der Waals surface area contributed by atoms with Crippen molar-refractivity contribution >= 4 is 34.5 Å². The van der Waals surface area contributed by atoms with Gasteiger partial charge in [-0.15, -0.1) is 0 Å². The molecule has 1 atom stereocenters. The molecule has 1 unspecified atom stereocenters. The molecule has 9 heteroatoms. The maximum absolute atomic E-state index is 12.0. The lowest BCUT2D eigenvalue weighted by molar-refractivity contribution is -0.119. The summed E-state index contributed by atoms with van der Waals surface area (Å²) in [4.78, 5) is 23.7. The number of anilines is 2. The van der Waals surface area contributed by atoms with Gasteiger partial charge in [-0.2, -0.15) is 5.10 Å².